The molecule has 0 radical (unpaired) electrons. The van der Waals surface area contributed by atoms with Crippen LogP contribution < -0.4 is 14.6 Å². The van der Waals surface area contributed by atoms with Crippen LogP contribution in [0.25, 0.3) is 0 Å². The molecular weight excluding hydrogens is 268 g/mol. The summed E-state index contributed by atoms with van der Waals surface area (Å²) < 4.78 is 34.9. The first-order valence-electron chi connectivity index (χ1n) is 5.99. The van der Waals surface area contributed by atoms with Crippen molar-refractivity contribution in [1.29, 1.82) is 0 Å². The fourth-order valence-electron chi connectivity index (χ4n) is 2.45. The summed E-state index contributed by atoms with van der Waals surface area (Å²) in [6.45, 7) is 0.443. The van der Waals surface area contributed by atoms with Crippen molar-refractivity contribution in [1.82, 2.24) is 4.31 Å². The minimum absolute atomic E-state index is 0.268. The van der Waals surface area contributed by atoms with Gasteiger partial charge in [0.1, 0.15) is 11.5 Å². The predicted molar refractivity (Wildman–Crippen MR) is 71.3 cm³/mol. The molecule has 7 heteroatoms. The van der Waals surface area contributed by atoms with Crippen molar-refractivity contribution in [3.63, 3.8) is 0 Å². The van der Waals surface area contributed by atoms with Gasteiger partial charge in [0.2, 0.25) is 0 Å². The van der Waals surface area contributed by atoms with Crippen molar-refractivity contribution >= 4 is 10.2 Å². The number of benzene rings is 1. The van der Waals surface area contributed by atoms with Crippen LogP contribution in [0, 0.1) is 0 Å². The Kier molecular flexibility index (Phi) is 3.98. The first-order valence-corrected chi connectivity index (χ1v) is 7.49. The minimum Gasteiger partial charge on any atom is -0.497 e. The summed E-state index contributed by atoms with van der Waals surface area (Å²) in [6, 6.07) is 5.09. The average Bonchev–Trinajstić information content (AvgIpc) is 2.86. The van der Waals surface area contributed by atoms with E-state index in [1.165, 1.54) is 4.31 Å². The van der Waals surface area contributed by atoms with E-state index >= 15 is 0 Å². The molecule has 1 aromatic carbocycles. The second kappa shape index (κ2) is 5.36. The van der Waals surface area contributed by atoms with Crippen LogP contribution in [0.1, 0.15) is 24.4 Å². The molecule has 0 aliphatic carbocycles. The van der Waals surface area contributed by atoms with Gasteiger partial charge < -0.3 is 9.47 Å². The number of nitrogens with zero attached hydrogens (tertiary/aromatic N) is 1. The highest BCUT2D eigenvalue weighted by atomic mass is 32.2. The maximum atomic E-state index is 11.6. The summed E-state index contributed by atoms with van der Waals surface area (Å²) in [5.41, 5.74) is 0.815. The lowest BCUT2D eigenvalue weighted by molar-refractivity contribution is 0.361. The van der Waals surface area contributed by atoms with Crippen molar-refractivity contribution in [2.45, 2.75) is 18.9 Å². The van der Waals surface area contributed by atoms with Gasteiger partial charge in [-0.1, -0.05) is 6.07 Å². The van der Waals surface area contributed by atoms with Crippen LogP contribution in [0.2, 0.25) is 0 Å². The number of ether oxygens (including phenoxy) is 2. The number of nitrogens with two attached hydrogens (primary N) is 1. The van der Waals surface area contributed by atoms with Crippen LogP contribution >= 0.6 is 0 Å². The van der Waals surface area contributed by atoms with Gasteiger partial charge in [-0.25, -0.2) is 5.14 Å². The van der Waals surface area contributed by atoms with Crippen LogP contribution in [0.5, 0.6) is 11.5 Å². The van der Waals surface area contributed by atoms with Gasteiger partial charge in [0.05, 0.1) is 20.3 Å². The minimum atomic E-state index is -3.69. The molecule has 0 amide bonds. The number of methoxy groups -OCH3 is 2. The standard InChI is InChI=1S/C12H18N2O4S/c1-17-9-5-6-10(12(8-9)18-2)11-4-3-7-14(11)19(13,15)16/h5-6,8,11H,3-4,7H2,1-2H3,(H2,13,15,16)/t11-/m1/s1. The molecule has 1 atom stereocenters. The Morgan fingerprint density at radius 2 is 2.05 bits per heavy atom. The van der Waals surface area contributed by atoms with Gasteiger partial charge in [0.15, 0.2) is 0 Å². The van der Waals surface area contributed by atoms with Crippen LogP contribution in [0.4, 0.5) is 0 Å². The van der Waals surface area contributed by atoms with E-state index in [4.69, 9.17) is 14.6 Å². The Hall–Kier alpha value is -1.31. The molecule has 0 saturated carbocycles. The predicted octanol–water partition coefficient (Wildman–Crippen LogP) is 1.04. The van der Waals surface area contributed by atoms with Gasteiger partial charge >= 0.3 is 0 Å². The van der Waals surface area contributed by atoms with Crippen LogP contribution in [0.15, 0.2) is 18.2 Å². The molecule has 0 unspecified atom stereocenters. The highest BCUT2D eigenvalue weighted by Gasteiger charge is 2.34. The molecule has 0 aromatic heterocycles. The molecule has 19 heavy (non-hydrogen) atoms. The topological polar surface area (TPSA) is 81.9 Å². The molecule has 1 aromatic rings. The highest BCUT2D eigenvalue weighted by molar-refractivity contribution is 7.86. The summed E-state index contributed by atoms with van der Waals surface area (Å²) in [7, 11) is -0.574. The summed E-state index contributed by atoms with van der Waals surface area (Å²) in [6.07, 6.45) is 1.52. The van der Waals surface area contributed by atoms with E-state index in [9.17, 15) is 8.42 Å². The molecule has 0 bridgehead atoms. The van der Waals surface area contributed by atoms with Crippen molar-refractivity contribution in [2.75, 3.05) is 20.8 Å². The van der Waals surface area contributed by atoms with E-state index in [0.29, 0.717) is 18.0 Å². The third kappa shape index (κ3) is 2.83. The largest absolute Gasteiger partial charge is 0.497 e. The molecule has 1 heterocycles. The summed E-state index contributed by atoms with van der Waals surface area (Å²) in [5.74, 6) is 1.28. The molecule has 0 spiro atoms. The van der Waals surface area contributed by atoms with Crippen LogP contribution in [0.3, 0.4) is 0 Å². The van der Waals surface area contributed by atoms with Crippen molar-refractivity contribution in [2.24, 2.45) is 5.14 Å². The molecule has 2 N–H and O–H groups in total. The summed E-state index contributed by atoms with van der Waals surface area (Å²) >= 11 is 0. The zero-order valence-corrected chi connectivity index (χ0v) is 11.8. The Labute approximate surface area is 113 Å². The van der Waals surface area contributed by atoms with Crippen LogP contribution in [-0.2, 0) is 10.2 Å². The van der Waals surface area contributed by atoms with E-state index < -0.39 is 10.2 Å². The van der Waals surface area contributed by atoms with Gasteiger partial charge in [-0.3, -0.25) is 0 Å². The SMILES string of the molecule is COc1ccc([C@H]2CCCN2S(N)(=O)=O)c(OC)c1. The van der Waals surface area contributed by atoms with E-state index in [2.05, 4.69) is 0 Å². The van der Waals surface area contributed by atoms with Crippen molar-refractivity contribution in [3.8, 4) is 11.5 Å². The van der Waals surface area contributed by atoms with Gasteiger partial charge in [-0.05, 0) is 18.9 Å². The first-order chi connectivity index (χ1) is 8.97. The molecule has 1 saturated heterocycles. The molecular formula is C12H18N2O4S. The van der Waals surface area contributed by atoms with Gasteiger partial charge in [0.25, 0.3) is 10.2 Å². The smallest absolute Gasteiger partial charge is 0.277 e. The van der Waals surface area contributed by atoms with E-state index in [1.807, 2.05) is 6.07 Å². The Morgan fingerprint density at radius 3 is 2.63 bits per heavy atom. The maximum absolute atomic E-state index is 11.6. The zero-order chi connectivity index (χ0) is 14.0. The molecule has 2 rings (SSSR count). The normalized spacial score (nSPS) is 20.5. The van der Waals surface area contributed by atoms with Gasteiger partial charge in [-0.2, -0.15) is 12.7 Å². The van der Waals surface area contributed by atoms with E-state index in [0.717, 1.165) is 18.4 Å². The molecule has 6 nitrogen and oxygen atoms in total. The van der Waals surface area contributed by atoms with Gasteiger partial charge in [-0.15, -0.1) is 0 Å². The lowest BCUT2D eigenvalue weighted by Crippen LogP contribution is -2.36. The Balaban J connectivity index is 2.41. The Bertz CT molecular complexity index is 559. The lowest BCUT2D eigenvalue weighted by atomic mass is 10.0. The number of hydrogen-bond acceptors (Lipinski definition) is 4. The quantitative estimate of drug-likeness (QED) is 0.896. The second-order valence-corrected chi connectivity index (χ2v) is 5.92. The van der Waals surface area contributed by atoms with Crippen molar-refractivity contribution in [3.05, 3.63) is 23.8 Å². The zero-order valence-electron chi connectivity index (χ0n) is 11.0. The van der Waals surface area contributed by atoms with E-state index in [1.54, 1.807) is 26.4 Å². The molecule has 106 valence electrons. The maximum Gasteiger partial charge on any atom is 0.277 e. The van der Waals surface area contributed by atoms with E-state index in [-0.39, 0.29) is 6.04 Å². The fraction of sp³-hybridized carbons (Fsp3) is 0.500. The molecule has 1 aliphatic heterocycles. The van der Waals surface area contributed by atoms with Crippen LogP contribution in [-0.4, -0.2) is 33.5 Å². The van der Waals surface area contributed by atoms with Crippen molar-refractivity contribution < 1.29 is 17.9 Å². The van der Waals surface area contributed by atoms with Gasteiger partial charge in [0, 0.05) is 18.2 Å². The first kappa shape index (κ1) is 14.1. The summed E-state index contributed by atoms with van der Waals surface area (Å²) in [4.78, 5) is 0. The third-order valence-corrected chi connectivity index (χ3v) is 4.42. The number of hydrogen-bond donors (Lipinski definition) is 1. The second-order valence-electron chi connectivity index (χ2n) is 4.42. The molecule has 1 aliphatic rings. The molecule has 1 fully saturated rings. The highest BCUT2D eigenvalue weighted by Crippen LogP contribution is 2.39. The third-order valence-electron chi connectivity index (χ3n) is 3.33. The summed E-state index contributed by atoms with van der Waals surface area (Å²) in [5, 5.41) is 5.25. The fourth-order valence-corrected chi connectivity index (χ4v) is 3.41. The lowest BCUT2D eigenvalue weighted by Gasteiger charge is -2.23. The Morgan fingerprint density at radius 1 is 1.32 bits per heavy atom. The average molecular weight is 286 g/mol. The monoisotopic (exact) mass is 286 g/mol. The number of rotatable bonds is 4.